The van der Waals surface area contributed by atoms with Crippen molar-refractivity contribution in [2.24, 2.45) is 0 Å². The molecule has 1 rings (SSSR count). The maximum absolute atomic E-state index is 13.3. The molecular weight excluding hydrogens is 247 g/mol. The van der Waals surface area contributed by atoms with Gasteiger partial charge in [0, 0.05) is 6.54 Å². The van der Waals surface area contributed by atoms with Crippen LogP contribution in [0.4, 0.5) is 10.1 Å². The van der Waals surface area contributed by atoms with E-state index in [9.17, 15) is 17.9 Å². The molecule has 5 nitrogen and oxygen atoms in total. The first-order valence-electron chi connectivity index (χ1n) is 4.93. The van der Waals surface area contributed by atoms with Crippen molar-refractivity contribution in [3.63, 3.8) is 0 Å². The molecule has 0 saturated carbocycles. The van der Waals surface area contributed by atoms with Crippen LogP contribution in [0.1, 0.15) is 11.7 Å². The first kappa shape index (κ1) is 13.9. The van der Waals surface area contributed by atoms with Gasteiger partial charge in [-0.3, -0.25) is 4.72 Å². The highest BCUT2D eigenvalue weighted by molar-refractivity contribution is 7.92. The molecule has 0 heterocycles. The number of halogens is 1. The number of likely N-dealkylation sites (N-methyl/N-ethyl adjacent to an activating group) is 1. The van der Waals surface area contributed by atoms with Crippen LogP contribution in [0.2, 0.25) is 0 Å². The summed E-state index contributed by atoms with van der Waals surface area (Å²) in [6.45, 7) is 0.296. The second-order valence-electron chi connectivity index (χ2n) is 3.69. The van der Waals surface area contributed by atoms with Gasteiger partial charge < -0.3 is 10.4 Å². The minimum Gasteiger partial charge on any atom is -0.387 e. The van der Waals surface area contributed by atoms with Crippen LogP contribution >= 0.6 is 0 Å². The molecule has 0 aliphatic heterocycles. The summed E-state index contributed by atoms with van der Waals surface area (Å²) in [4.78, 5) is 0. The van der Waals surface area contributed by atoms with E-state index < -0.39 is 21.9 Å². The van der Waals surface area contributed by atoms with Crippen LogP contribution in [0.5, 0.6) is 0 Å². The monoisotopic (exact) mass is 262 g/mol. The summed E-state index contributed by atoms with van der Waals surface area (Å²) in [5, 5.41) is 12.4. The average molecular weight is 262 g/mol. The van der Waals surface area contributed by atoms with Crippen molar-refractivity contribution < 1.29 is 17.9 Å². The fourth-order valence-electron chi connectivity index (χ4n) is 1.34. The molecule has 0 saturated heterocycles. The van der Waals surface area contributed by atoms with E-state index in [4.69, 9.17) is 0 Å². The highest BCUT2D eigenvalue weighted by Gasteiger charge is 2.12. The van der Waals surface area contributed by atoms with Crippen molar-refractivity contribution in [2.75, 3.05) is 24.6 Å². The molecule has 0 aliphatic carbocycles. The van der Waals surface area contributed by atoms with Gasteiger partial charge in [-0.15, -0.1) is 0 Å². The van der Waals surface area contributed by atoms with E-state index in [0.29, 0.717) is 12.1 Å². The molecule has 0 amide bonds. The van der Waals surface area contributed by atoms with Crippen molar-refractivity contribution in [2.45, 2.75) is 6.10 Å². The summed E-state index contributed by atoms with van der Waals surface area (Å²) in [5.74, 6) is -0.684. The number of benzene rings is 1. The molecular formula is C10H15FN2O3S. The molecule has 1 aromatic rings. The molecule has 0 fully saturated rings. The second-order valence-corrected chi connectivity index (χ2v) is 5.44. The standard InChI is InChI=1S/C10H15FN2O3S/c1-12-6-10(14)7-3-4-8(11)9(5-7)13-17(2,15)16/h3-5,10,12-14H,6H2,1-2H3. The van der Waals surface area contributed by atoms with Crippen molar-refractivity contribution in [1.29, 1.82) is 0 Å². The number of aliphatic hydroxyl groups excluding tert-OH is 1. The van der Waals surface area contributed by atoms with E-state index in [1.165, 1.54) is 12.1 Å². The molecule has 96 valence electrons. The van der Waals surface area contributed by atoms with Crippen LogP contribution in [0.25, 0.3) is 0 Å². The van der Waals surface area contributed by atoms with Gasteiger partial charge in [-0.25, -0.2) is 12.8 Å². The smallest absolute Gasteiger partial charge is 0.229 e. The summed E-state index contributed by atoms with van der Waals surface area (Å²) >= 11 is 0. The maximum Gasteiger partial charge on any atom is 0.229 e. The summed E-state index contributed by atoms with van der Waals surface area (Å²) < 4.78 is 37.4. The third-order valence-corrected chi connectivity index (χ3v) is 2.66. The summed E-state index contributed by atoms with van der Waals surface area (Å²) in [6.07, 6.45) is 0.115. The maximum atomic E-state index is 13.3. The first-order valence-corrected chi connectivity index (χ1v) is 6.82. The van der Waals surface area contributed by atoms with Gasteiger partial charge in [0.05, 0.1) is 18.0 Å². The van der Waals surface area contributed by atoms with Crippen LogP contribution in [-0.4, -0.2) is 33.4 Å². The largest absolute Gasteiger partial charge is 0.387 e. The third-order valence-electron chi connectivity index (χ3n) is 2.07. The van der Waals surface area contributed by atoms with Gasteiger partial charge in [-0.05, 0) is 24.7 Å². The number of nitrogens with one attached hydrogen (secondary N) is 2. The SMILES string of the molecule is CNCC(O)c1ccc(F)c(NS(C)(=O)=O)c1. The van der Waals surface area contributed by atoms with Crippen LogP contribution < -0.4 is 10.0 Å². The molecule has 1 atom stereocenters. The normalized spacial score (nSPS) is 13.4. The Labute approximate surface area is 99.7 Å². The van der Waals surface area contributed by atoms with Crippen LogP contribution in [-0.2, 0) is 10.0 Å². The predicted octanol–water partition coefficient (Wildman–Crippen LogP) is 0.450. The molecule has 0 spiro atoms. The average Bonchev–Trinajstić information content (AvgIpc) is 2.19. The summed E-state index contributed by atoms with van der Waals surface area (Å²) in [6, 6.07) is 3.80. The minimum absolute atomic E-state index is 0.167. The Kier molecular flexibility index (Phi) is 4.44. The van der Waals surface area contributed by atoms with Gasteiger partial charge in [-0.1, -0.05) is 6.07 Å². The molecule has 1 unspecified atom stereocenters. The number of hydrogen-bond donors (Lipinski definition) is 3. The quantitative estimate of drug-likeness (QED) is 0.720. The topological polar surface area (TPSA) is 78.4 Å². The number of sulfonamides is 1. The fraction of sp³-hybridized carbons (Fsp3) is 0.400. The van der Waals surface area contributed by atoms with Crippen LogP contribution in [0, 0.1) is 5.82 Å². The number of anilines is 1. The Morgan fingerprint density at radius 2 is 2.12 bits per heavy atom. The molecule has 3 N–H and O–H groups in total. The van der Waals surface area contributed by atoms with Gasteiger partial charge in [0.25, 0.3) is 0 Å². The van der Waals surface area contributed by atoms with Crippen molar-refractivity contribution >= 4 is 15.7 Å². The number of aliphatic hydroxyl groups is 1. The Morgan fingerprint density at radius 3 is 2.65 bits per heavy atom. The molecule has 7 heteroatoms. The molecule has 0 bridgehead atoms. The lowest BCUT2D eigenvalue weighted by molar-refractivity contribution is 0.178. The minimum atomic E-state index is -3.54. The Balaban J connectivity index is 3.02. The zero-order valence-electron chi connectivity index (χ0n) is 9.57. The molecule has 1 aromatic carbocycles. The molecule has 0 aromatic heterocycles. The van der Waals surface area contributed by atoms with Gasteiger partial charge in [0.2, 0.25) is 10.0 Å². The van der Waals surface area contributed by atoms with Crippen LogP contribution in [0.15, 0.2) is 18.2 Å². The van der Waals surface area contributed by atoms with Gasteiger partial charge in [0.1, 0.15) is 5.82 Å². The van der Waals surface area contributed by atoms with E-state index in [2.05, 4.69) is 10.0 Å². The fourth-order valence-corrected chi connectivity index (χ4v) is 1.90. The lowest BCUT2D eigenvalue weighted by Crippen LogP contribution is -2.17. The predicted molar refractivity (Wildman–Crippen MR) is 63.8 cm³/mol. The van der Waals surface area contributed by atoms with E-state index in [0.717, 1.165) is 12.3 Å². The van der Waals surface area contributed by atoms with E-state index in [1.54, 1.807) is 7.05 Å². The van der Waals surface area contributed by atoms with Gasteiger partial charge in [-0.2, -0.15) is 0 Å². The third kappa shape index (κ3) is 4.29. The summed E-state index contributed by atoms with van der Waals surface area (Å²) in [5.41, 5.74) is 0.270. The van der Waals surface area contributed by atoms with Gasteiger partial charge in [0.15, 0.2) is 0 Å². The lowest BCUT2D eigenvalue weighted by atomic mass is 10.1. The molecule has 0 radical (unpaired) electrons. The van der Waals surface area contributed by atoms with Gasteiger partial charge >= 0.3 is 0 Å². The Hall–Kier alpha value is -1.18. The van der Waals surface area contributed by atoms with Crippen LogP contribution in [0.3, 0.4) is 0 Å². The highest BCUT2D eigenvalue weighted by Crippen LogP contribution is 2.21. The van der Waals surface area contributed by atoms with Crippen molar-refractivity contribution in [1.82, 2.24) is 5.32 Å². The second kappa shape index (κ2) is 5.44. The Morgan fingerprint density at radius 1 is 1.47 bits per heavy atom. The highest BCUT2D eigenvalue weighted by atomic mass is 32.2. The Bertz CT molecular complexity index is 490. The van der Waals surface area contributed by atoms with E-state index in [-0.39, 0.29) is 5.69 Å². The summed E-state index contributed by atoms with van der Waals surface area (Å²) in [7, 11) is -1.87. The first-order chi connectivity index (χ1) is 7.83. The zero-order valence-corrected chi connectivity index (χ0v) is 10.4. The molecule has 0 aliphatic rings. The van der Waals surface area contributed by atoms with E-state index in [1.807, 2.05) is 0 Å². The number of hydrogen-bond acceptors (Lipinski definition) is 4. The lowest BCUT2D eigenvalue weighted by Gasteiger charge is -2.12. The van der Waals surface area contributed by atoms with Crippen molar-refractivity contribution in [3.8, 4) is 0 Å². The van der Waals surface area contributed by atoms with E-state index >= 15 is 0 Å². The molecule has 17 heavy (non-hydrogen) atoms. The van der Waals surface area contributed by atoms with Crippen molar-refractivity contribution in [3.05, 3.63) is 29.6 Å². The zero-order chi connectivity index (χ0) is 13.1. The number of rotatable bonds is 5.